The Bertz CT molecular complexity index is 650. The Hall–Kier alpha value is -1.35. The van der Waals surface area contributed by atoms with Gasteiger partial charge in [-0.15, -0.1) is 0 Å². The molecule has 1 aromatic rings. The summed E-state index contributed by atoms with van der Waals surface area (Å²) in [6, 6.07) is 6.17. The SMILES string of the molecule is CCCCCCCCCCCCCCCCOS(=O)(=O)Oc1ccc(N)cc1.CN(C)C.CNC. The van der Waals surface area contributed by atoms with Gasteiger partial charge in [0.15, 0.2) is 0 Å². The summed E-state index contributed by atoms with van der Waals surface area (Å²) in [5.74, 6) is 0.204. The minimum absolute atomic E-state index is 0.162. The second kappa shape index (κ2) is 25.7. The fraction of sp³-hybridized carbons (Fsp3) is 0.778. The molecule has 0 bridgehead atoms. The standard InChI is InChI=1S/C22H39NO4S.C3H9N.C2H7N/c1-2-3-4-5-6-7-8-9-10-11-12-13-14-15-20-26-28(24,25)27-22-18-16-21(23)17-19-22;1-4(2)3;1-3-2/h16-19H,2-15,20,23H2,1H3;1-3H3;3H,1-2H3. The Kier molecular flexibility index (Phi) is 26.3. The number of anilines is 1. The smallest absolute Gasteiger partial charge is 0.399 e. The molecule has 1 rings (SSSR count). The molecule has 0 saturated carbocycles. The van der Waals surface area contributed by atoms with E-state index in [2.05, 4.69) is 12.2 Å². The first kappa shape index (κ1) is 35.8. The van der Waals surface area contributed by atoms with Crippen LogP contribution in [0.1, 0.15) is 96.8 Å². The molecule has 0 aliphatic heterocycles. The first-order valence-corrected chi connectivity index (χ1v) is 14.7. The molecule has 0 fully saturated rings. The summed E-state index contributed by atoms with van der Waals surface area (Å²) in [5, 5.41) is 2.75. The maximum absolute atomic E-state index is 11.7. The van der Waals surface area contributed by atoms with Crippen LogP contribution >= 0.6 is 0 Å². The van der Waals surface area contributed by atoms with E-state index in [1.165, 1.54) is 82.8 Å². The van der Waals surface area contributed by atoms with Gasteiger partial charge in [0.1, 0.15) is 5.75 Å². The van der Waals surface area contributed by atoms with E-state index in [1.54, 1.807) is 12.1 Å². The molecule has 0 aliphatic carbocycles. The van der Waals surface area contributed by atoms with Crippen molar-refractivity contribution in [3.8, 4) is 5.75 Å². The van der Waals surface area contributed by atoms with Crippen LogP contribution < -0.4 is 15.2 Å². The average Bonchev–Trinajstić information content (AvgIpc) is 2.78. The van der Waals surface area contributed by atoms with Gasteiger partial charge in [-0.1, -0.05) is 90.4 Å². The summed E-state index contributed by atoms with van der Waals surface area (Å²) in [4.78, 5) is 2.00. The van der Waals surface area contributed by atoms with Crippen LogP contribution in [0.15, 0.2) is 24.3 Å². The predicted molar refractivity (Wildman–Crippen MR) is 151 cm³/mol. The molecule has 208 valence electrons. The zero-order valence-electron chi connectivity index (χ0n) is 23.5. The number of nitrogens with zero attached hydrogens (tertiary/aromatic N) is 1. The zero-order chi connectivity index (χ0) is 26.8. The van der Waals surface area contributed by atoms with Crippen LogP contribution in [0.4, 0.5) is 5.69 Å². The third-order valence-electron chi connectivity index (χ3n) is 4.80. The van der Waals surface area contributed by atoms with Crippen molar-refractivity contribution < 1.29 is 16.8 Å². The summed E-state index contributed by atoms with van der Waals surface area (Å²) in [6.45, 7) is 2.42. The van der Waals surface area contributed by atoms with E-state index < -0.39 is 10.4 Å². The lowest BCUT2D eigenvalue weighted by atomic mass is 10.0. The molecule has 1 aromatic carbocycles. The van der Waals surface area contributed by atoms with Crippen molar-refractivity contribution in [3.05, 3.63) is 24.3 Å². The van der Waals surface area contributed by atoms with E-state index in [9.17, 15) is 8.42 Å². The summed E-state index contributed by atoms with van der Waals surface area (Å²) >= 11 is 0. The van der Waals surface area contributed by atoms with Crippen molar-refractivity contribution in [2.24, 2.45) is 0 Å². The average molecular weight is 518 g/mol. The summed E-state index contributed by atoms with van der Waals surface area (Å²) in [6.07, 6.45) is 17.6. The van der Waals surface area contributed by atoms with Gasteiger partial charge in [-0.2, -0.15) is 8.42 Å². The molecule has 0 aromatic heterocycles. The van der Waals surface area contributed by atoms with Gasteiger partial charge in [-0.3, -0.25) is 0 Å². The van der Waals surface area contributed by atoms with E-state index in [-0.39, 0.29) is 12.4 Å². The Morgan fingerprint density at radius 1 is 0.743 bits per heavy atom. The van der Waals surface area contributed by atoms with Crippen molar-refractivity contribution >= 4 is 16.1 Å². The molecule has 0 amide bonds. The topological polar surface area (TPSA) is 93.9 Å². The van der Waals surface area contributed by atoms with Crippen molar-refractivity contribution in [2.75, 3.05) is 47.6 Å². The van der Waals surface area contributed by atoms with Crippen LogP contribution in [0.25, 0.3) is 0 Å². The highest BCUT2D eigenvalue weighted by atomic mass is 32.3. The first-order chi connectivity index (χ1) is 16.7. The lowest BCUT2D eigenvalue weighted by Gasteiger charge is -2.07. The lowest BCUT2D eigenvalue weighted by Crippen LogP contribution is -2.14. The van der Waals surface area contributed by atoms with Gasteiger partial charge in [0.05, 0.1) is 6.61 Å². The number of hydrogen-bond acceptors (Lipinski definition) is 7. The summed E-state index contributed by atoms with van der Waals surface area (Å²) < 4.78 is 33.2. The monoisotopic (exact) mass is 517 g/mol. The molecule has 7 nitrogen and oxygen atoms in total. The molecule has 0 unspecified atom stereocenters. The second-order valence-electron chi connectivity index (χ2n) is 9.32. The van der Waals surface area contributed by atoms with Crippen molar-refractivity contribution in [1.29, 1.82) is 0 Å². The number of nitrogens with one attached hydrogen (secondary N) is 1. The van der Waals surface area contributed by atoms with Gasteiger partial charge in [0, 0.05) is 5.69 Å². The number of nitrogens with two attached hydrogens (primary N) is 1. The van der Waals surface area contributed by atoms with Gasteiger partial charge < -0.3 is 20.1 Å². The molecule has 0 aliphatic rings. The Labute approximate surface area is 217 Å². The van der Waals surface area contributed by atoms with E-state index in [0.29, 0.717) is 5.69 Å². The molecule has 35 heavy (non-hydrogen) atoms. The highest BCUT2D eigenvalue weighted by Gasteiger charge is 2.13. The van der Waals surface area contributed by atoms with Crippen LogP contribution in [0.3, 0.4) is 0 Å². The van der Waals surface area contributed by atoms with Gasteiger partial charge in [0.25, 0.3) is 0 Å². The zero-order valence-corrected chi connectivity index (χ0v) is 24.3. The van der Waals surface area contributed by atoms with Crippen molar-refractivity contribution in [1.82, 2.24) is 10.2 Å². The van der Waals surface area contributed by atoms with Gasteiger partial charge >= 0.3 is 10.4 Å². The number of nitrogen functional groups attached to an aromatic ring is 1. The minimum Gasteiger partial charge on any atom is -0.399 e. The number of rotatable bonds is 18. The third-order valence-corrected chi connectivity index (χ3v) is 5.66. The van der Waals surface area contributed by atoms with Crippen LogP contribution in [0, 0.1) is 0 Å². The van der Waals surface area contributed by atoms with Crippen LogP contribution in [-0.4, -0.2) is 55.2 Å². The summed E-state index contributed by atoms with van der Waals surface area (Å²) in [7, 11) is 5.74. The van der Waals surface area contributed by atoms with Gasteiger partial charge in [-0.05, 0) is 65.9 Å². The molecule has 0 spiro atoms. The fourth-order valence-electron chi connectivity index (χ4n) is 3.12. The second-order valence-corrected chi connectivity index (χ2v) is 10.5. The molecule has 0 radical (unpaired) electrons. The fourth-order valence-corrected chi connectivity index (χ4v) is 3.84. The van der Waals surface area contributed by atoms with E-state index in [0.717, 1.165) is 19.3 Å². The normalized spacial score (nSPS) is 10.8. The molecule has 0 saturated heterocycles. The molecular formula is C27H55N3O4S. The van der Waals surface area contributed by atoms with Crippen LogP contribution in [0.5, 0.6) is 5.75 Å². The minimum atomic E-state index is -4.01. The van der Waals surface area contributed by atoms with E-state index in [4.69, 9.17) is 14.1 Å². The maximum Gasteiger partial charge on any atom is 0.449 e. The largest absolute Gasteiger partial charge is 0.449 e. The molecule has 0 atom stereocenters. The van der Waals surface area contributed by atoms with Gasteiger partial charge in [-0.25, -0.2) is 4.18 Å². The highest BCUT2D eigenvalue weighted by Crippen LogP contribution is 2.16. The third kappa shape index (κ3) is 30.6. The van der Waals surface area contributed by atoms with Crippen molar-refractivity contribution in [3.63, 3.8) is 0 Å². The Morgan fingerprint density at radius 2 is 1.09 bits per heavy atom. The first-order valence-electron chi connectivity index (χ1n) is 13.3. The molecule has 8 heteroatoms. The molecule has 3 N–H and O–H groups in total. The van der Waals surface area contributed by atoms with E-state index in [1.807, 2.05) is 40.1 Å². The maximum atomic E-state index is 11.7. The number of hydrogen-bond donors (Lipinski definition) is 2. The van der Waals surface area contributed by atoms with E-state index >= 15 is 0 Å². The molecule has 0 heterocycles. The van der Waals surface area contributed by atoms with Crippen molar-refractivity contribution in [2.45, 2.75) is 96.8 Å². The lowest BCUT2D eigenvalue weighted by molar-refractivity contribution is 0.265. The number of unbranched alkanes of at least 4 members (excludes halogenated alkanes) is 13. The van der Waals surface area contributed by atoms with Gasteiger partial charge in [0.2, 0.25) is 0 Å². The highest BCUT2D eigenvalue weighted by molar-refractivity contribution is 7.82. The Balaban J connectivity index is 0. The Morgan fingerprint density at radius 3 is 1.46 bits per heavy atom. The quantitative estimate of drug-likeness (QED) is 0.172. The predicted octanol–water partition coefficient (Wildman–Crippen LogP) is 6.40. The molecular weight excluding hydrogens is 462 g/mol. The van der Waals surface area contributed by atoms with Crippen LogP contribution in [0.2, 0.25) is 0 Å². The van der Waals surface area contributed by atoms with Crippen LogP contribution in [-0.2, 0) is 14.6 Å². The summed E-state index contributed by atoms with van der Waals surface area (Å²) in [5.41, 5.74) is 6.10. The number of benzene rings is 1.